The molecule has 1 aromatic carbocycles. The Hall–Kier alpha value is -0.820. The van der Waals surface area contributed by atoms with Crippen LogP contribution >= 0.6 is 0 Å². The van der Waals surface area contributed by atoms with Crippen LogP contribution in [0.5, 0.6) is 0 Å². The molecule has 0 bridgehead atoms. The molecule has 0 unspecified atom stereocenters. The fraction of sp³-hybridized carbons (Fsp3) is 0.600. The van der Waals surface area contributed by atoms with E-state index in [1.807, 2.05) is 0 Å². The summed E-state index contributed by atoms with van der Waals surface area (Å²) in [5, 5.41) is 3.34. The lowest BCUT2D eigenvalue weighted by molar-refractivity contribution is 0.644. The third kappa shape index (κ3) is 6.62. The van der Waals surface area contributed by atoms with Crippen LogP contribution in [0, 0.1) is 0 Å². The highest BCUT2D eigenvalue weighted by Crippen LogP contribution is 2.11. The van der Waals surface area contributed by atoms with Crippen molar-refractivity contribution in [3.8, 4) is 0 Å². The predicted octanol–water partition coefficient (Wildman–Crippen LogP) is 4.16. The summed E-state index contributed by atoms with van der Waals surface area (Å²) in [5.41, 5.74) is 2.98. The number of fused-ring (bicyclic) bond motifs is 1. The van der Waals surface area contributed by atoms with E-state index in [0.29, 0.717) is 0 Å². The molecule has 2 rings (SSSR count). The normalized spacial score (nSPS) is 12.5. The zero-order valence-electron chi connectivity index (χ0n) is 11.3. The van der Waals surface area contributed by atoms with Gasteiger partial charge in [0, 0.05) is 6.54 Å². The second-order valence-electron chi connectivity index (χ2n) is 4.11. The van der Waals surface area contributed by atoms with Gasteiger partial charge in [-0.25, -0.2) is 0 Å². The largest absolute Gasteiger partial charge is 0.312 e. The van der Waals surface area contributed by atoms with E-state index in [0.717, 1.165) is 13.1 Å². The van der Waals surface area contributed by atoms with E-state index in [2.05, 4.69) is 57.3 Å². The Morgan fingerprint density at radius 1 is 0.938 bits per heavy atom. The Morgan fingerprint density at radius 3 is 1.94 bits per heavy atom. The fourth-order valence-electron chi connectivity index (χ4n) is 1.42. The number of rotatable bonds is 0. The van der Waals surface area contributed by atoms with E-state index in [1.165, 1.54) is 30.4 Å². The molecule has 1 nitrogen and oxygen atoms in total. The Balaban J connectivity index is 0.000000321. The van der Waals surface area contributed by atoms with Crippen molar-refractivity contribution in [2.24, 2.45) is 0 Å². The molecule has 0 spiro atoms. The molecule has 92 valence electrons. The van der Waals surface area contributed by atoms with E-state index in [1.54, 1.807) is 0 Å². The van der Waals surface area contributed by atoms with Crippen molar-refractivity contribution in [2.75, 3.05) is 6.54 Å². The van der Waals surface area contributed by atoms with Gasteiger partial charge in [-0.15, -0.1) is 0 Å². The zero-order chi connectivity index (χ0) is 12.2. The van der Waals surface area contributed by atoms with Crippen LogP contribution in [0.3, 0.4) is 0 Å². The summed E-state index contributed by atoms with van der Waals surface area (Å²) >= 11 is 0. The molecular weight excluding hydrogens is 194 g/mol. The molecule has 0 amide bonds. The van der Waals surface area contributed by atoms with E-state index < -0.39 is 0 Å². The summed E-state index contributed by atoms with van der Waals surface area (Å²) in [4.78, 5) is 0. The number of benzene rings is 1. The molecule has 1 heteroatoms. The first-order valence-electron chi connectivity index (χ1n) is 6.57. The van der Waals surface area contributed by atoms with Crippen LogP contribution in [0.4, 0.5) is 0 Å². The summed E-state index contributed by atoms with van der Waals surface area (Å²) in [5.74, 6) is 0. The van der Waals surface area contributed by atoms with Crippen LogP contribution in [0.25, 0.3) is 0 Å². The Kier molecular flexibility index (Phi) is 10.1. The molecule has 0 radical (unpaired) electrons. The molecule has 0 aromatic heterocycles. The number of nitrogens with one attached hydrogen (secondary N) is 1. The van der Waals surface area contributed by atoms with Crippen molar-refractivity contribution in [1.29, 1.82) is 0 Å². The molecule has 1 N–H and O–H groups in total. The predicted molar refractivity (Wildman–Crippen MR) is 73.8 cm³/mol. The average Bonchev–Trinajstić information content (AvgIpc) is 2.31. The topological polar surface area (TPSA) is 12.0 Å². The summed E-state index contributed by atoms with van der Waals surface area (Å²) in [7, 11) is 0. The van der Waals surface area contributed by atoms with Crippen LogP contribution in [-0.4, -0.2) is 6.54 Å². The van der Waals surface area contributed by atoms with Gasteiger partial charge >= 0.3 is 0 Å². The smallest absolute Gasteiger partial charge is 0.0208 e. The minimum Gasteiger partial charge on any atom is -0.312 e. The summed E-state index contributed by atoms with van der Waals surface area (Å²) in [6.45, 7) is 10.7. The molecule has 0 saturated carbocycles. The van der Waals surface area contributed by atoms with Crippen LogP contribution in [0.2, 0.25) is 0 Å². The maximum Gasteiger partial charge on any atom is 0.0208 e. The summed E-state index contributed by atoms with van der Waals surface area (Å²) in [6.07, 6.45) is 3.69. The lowest BCUT2D eigenvalue weighted by atomic mass is 10.0. The van der Waals surface area contributed by atoms with Gasteiger partial charge in [-0.05, 0) is 24.1 Å². The highest BCUT2D eigenvalue weighted by atomic mass is 14.9. The number of hydrogen-bond acceptors (Lipinski definition) is 1. The summed E-state index contributed by atoms with van der Waals surface area (Å²) < 4.78 is 0. The van der Waals surface area contributed by atoms with Crippen LogP contribution in [-0.2, 0) is 13.0 Å². The fourth-order valence-corrected chi connectivity index (χ4v) is 1.42. The Morgan fingerprint density at radius 2 is 1.44 bits per heavy atom. The maximum absolute atomic E-state index is 3.34. The van der Waals surface area contributed by atoms with Gasteiger partial charge in [0.1, 0.15) is 0 Å². The number of hydrogen-bond donors (Lipinski definition) is 1. The van der Waals surface area contributed by atoms with Gasteiger partial charge < -0.3 is 5.32 Å². The third-order valence-corrected chi connectivity index (χ3v) is 2.00. The zero-order valence-corrected chi connectivity index (χ0v) is 11.3. The molecule has 1 heterocycles. The standard InChI is InChI=1S/C9H11N.2C3H8/c1-2-4-9-7-10-6-5-8(9)3-1;2*1-3-2/h1-4,10H,5-7H2;2*3H2,1-2H3. The second-order valence-corrected chi connectivity index (χ2v) is 4.11. The van der Waals surface area contributed by atoms with Crippen molar-refractivity contribution < 1.29 is 0 Å². The molecule has 0 saturated heterocycles. The van der Waals surface area contributed by atoms with Crippen LogP contribution in [0.1, 0.15) is 51.7 Å². The van der Waals surface area contributed by atoms with E-state index in [9.17, 15) is 0 Å². The van der Waals surface area contributed by atoms with Gasteiger partial charge in [0.2, 0.25) is 0 Å². The van der Waals surface area contributed by atoms with Crippen molar-refractivity contribution in [1.82, 2.24) is 5.32 Å². The highest BCUT2D eigenvalue weighted by Gasteiger charge is 2.05. The van der Waals surface area contributed by atoms with E-state index in [4.69, 9.17) is 0 Å². The quantitative estimate of drug-likeness (QED) is 0.693. The lowest BCUT2D eigenvalue weighted by Gasteiger charge is -2.15. The molecule has 0 fully saturated rings. The second kappa shape index (κ2) is 10.7. The molecule has 0 aliphatic carbocycles. The van der Waals surface area contributed by atoms with Gasteiger partial charge in [-0.3, -0.25) is 0 Å². The molecule has 0 atom stereocenters. The molecule has 1 aliphatic heterocycles. The maximum atomic E-state index is 3.34. The SMILES string of the molecule is CCC.CCC.c1ccc2c(c1)CCNC2. The third-order valence-electron chi connectivity index (χ3n) is 2.00. The Bertz CT molecular complexity index is 228. The van der Waals surface area contributed by atoms with Crippen LogP contribution in [0.15, 0.2) is 24.3 Å². The van der Waals surface area contributed by atoms with Gasteiger partial charge in [0.05, 0.1) is 0 Å². The Labute approximate surface area is 101 Å². The van der Waals surface area contributed by atoms with Gasteiger partial charge in [-0.1, -0.05) is 64.8 Å². The van der Waals surface area contributed by atoms with Crippen molar-refractivity contribution in [2.45, 2.75) is 53.5 Å². The van der Waals surface area contributed by atoms with Crippen molar-refractivity contribution in [3.63, 3.8) is 0 Å². The molecule has 1 aliphatic rings. The molecular formula is C15H27N. The highest BCUT2D eigenvalue weighted by molar-refractivity contribution is 5.28. The van der Waals surface area contributed by atoms with Gasteiger partial charge in [-0.2, -0.15) is 0 Å². The summed E-state index contributed by atoms with van der Waals surface area (Å²) in [6, 6.07) is 8.63. The minimum absolute atomic E-state index is 1.05. The molecule has 16 heavy (non-hydrogen) atoms. The first kappa shape index (κ1) is 15.2. The first-order chi connectivity index (χ1) is 7.79. The van der Waals surface area contributed by atoms with Crippen molar-refractivity contribution >= 4 is 0 Å². The molecule has 1 aromatic rings. The lowest BCUT2D eigenvalue weighted by Crippen LogP contribution is -2.23. The monoisotopic (exact) mass is 221 g/mol. The van der Waals surface area contributed by atoms with Crippen LogP contribution < -0.4 is 5.32 Å². The average molecular weight is 221 g/mol. The van der Waals surface area contributed by atoms with Gasteiger partial charge in [0.15, 0.2) is 0 Å². The van der Waals surface area contributed by atoms with E-state index >= 15 is 0 Å². The van der Waals surface area contributed by atoms with Crippen molar-refractivity contribution in [3.05, 3.63) is 35.4 Å². The van der Waals surface area contributed by atoms with E-state index in [-0.39, 0.29) is 0 Å². The minimum atomic E-state index is 1.05. The van der Waals surface area contributed by atoms with Gasteiger partial charge in [0.25, 0.3) is 0 Å². The first-order valence-corrected chi connectivity index (χ1v) is 6.57.